The highest BCUT2D eigenvalue weighted by atomic mass is 79.9. The SMILES string of the molecule is O=C(Cc1ccccc1[N+](=O)[O-])N/N=C/c1cc(Br)c(OCc2ccccc2)c(Br)c1. The number of hydrazone groups is 1. The van der Waals surface area contributed by atoms with Crippen molar-refractivity contribution in [2.24, 2.45) is 5.10 Å². The van der Waals surface area contributed by atoms with Gasteiger partial charge in [-0.25, -0.2) is 5.43 Å². The number of para-hydroxylation sites is 1. The van der Waals surface area contributed by atoms with E-state index in [-0.39, 0.29) is 12.1 Å². The van der Waals surface area contributed by atoms with Gasteiger partial charge in [0.1, 0.15) is 12.4 Å². The molecule has 0 saturated carbocycles. The van der Waals surface area contributed by atoms with Gasteiger partial charge in [0.2, 0.25) is 5.91 Å². The molecule has 0 aliphatic carbocycles. The lowest BCUT2D eigenvalue weighted by molar-refractivity contribution is -0.385. The second kappa shape index (κ2) is 10.8. The van der Waals surface area contributed by atoms with Crippen LogP contribution in [0, 0.1) is 10.1 Å². The van der Waals surface area contributed by atoms with Crippen LogP contribution in [0.4, 0.5) is 5.69 Å². The van der Waals surface area contributed by atoms with E-state index in [4.69, 9.17) is 4.74 Å². The van der Waals surface area contributed by atoms with Crippen molar-refractivity contribution in [2.45, 2.75) is 13.0 Å². The highest BCUT2D eigenvalue weighted by Gasteiger charge is 2.15. The zero-order chi connectivity index (χ0) is 22.2. The topological polar surface area (TPSA) is 93.8 Å². The molecule has 3 aromatic rings. The van der Waals surface area contributed by atoms with Gasteiger partial charge in [0.25, 0.3) is 5.69 Å². The van der Waals surface area contributed by atoms with Crippen molar-refractivity contribution in [3.8, 4) is 5.75 Å². The number of nitro benzene ring substituents is 1. The summed E-state index contributed by atoms with van der Waals surface area (Å²) in [6.07, 6.45) is 1.34. The summed E-state index contributed by atoms with van der Waals surface area (Å²) < 4.78 is 7.34. The van der Waals surface area contributed by atoms with Crippen molar-refractivity contribution in [1.82, 2.24) is 5.43 Å². The number of ether oxygens (including phenoxy) is 1. The molecule has 9 heteroatoms. The molecule has 0 aliphatic heterocycles. The van der Waals surface area contributed by atoms with Gasteiger partial charge >= 0.3 is 0 Å². The van der Waals surface area contributed by atoms with Crippen LogP contribution in [0.15, 0.2) is 80.8 Å². The van der Waals surface area contributed by atoms with Gasteiger partial charge in [-0.05, 0) is 55.1 Å². The van der Waals surface area contributed by atoms with Crippen molar-refractivity contribution in [2.75, 3.05) is 0 Å². The maximum Gasteiger partial charge on any atom is 0.273 e. The van der Waals surface area contributed by atoms with E-state index in [2.05, 4.69) is 42.4 Å². The molecule has 0 aliphatic rings. The third kappa shape index (κ3) is 6.47. The Kier molecular flexibility index (Phi) is 7.91. The maximum atomic E-state index is 12.1. The third-order valence-electron chi connectivity index (χ3n) is 4.19. The predicted molar refractivity (Wildman–Crippen MR) is 125 cm³/mol. The van der Waals surface area contributed by atoms with E-state index in [0.717, 1.165) is 20.1 Å². The van der Waals surface area contributed by atoms with Gasteiger partial charge in [-0.1, -0.05) is 48.5 Å². The Labute approximate surface area is 195 Å². The fraction of sp³-hybridized carbons (Fsp3) is 0.0909. The number of nitrogens with zero attached hydrogens (tertiary/aromatic N) is 2. The molecule has 0 fully saturated rings. The zero-order valence-electron chi connectivity index (χ0n) is 16.1. The lowest BCUT2D eigenvalue weighted by atomic mass is 10.1. The molecule has 158 valence electrons. The Bertz CT molecular complexity index is 1100. The van der Waals surface area contributed by atoms with Gasteiger partial charge in [0.15, 0.2) is 0 Å². The van der Waals surface area contributed by atoms with E-state index in [1.165, 1.54) is 12.3 Å². The summed E-state index contributed by atoms with van der Waals surface area (Å²) >= 11 is 6.98. The van der Waals surface area contributed by atoms with Crippen LogP contribution in [0.25, 0.3) is 0 Å². The van der Waals surface area contributed by atoms with Crippen LogP contribution in [-0.4, -0.2) is 17.0 Å². The lowest BCUT2D eigenvalue weighted by Gasteiger charge is -2.11. The van der Waals surface area contributed by atoms with Crippen molar-refractivity contribution >= 4 is 49.7 Å². The molecule has 3 aromatic carbocycles. The largest absolute Gasteiger partial charge is 0.487 e. The second-order valence-electron chi connectivity index (χ2n) is 6.44. The minimum absolute atomic E-state index is 0.0967. The minimum atomic E-state index is -0.512. The van der Waals surface area contributed by atoms with Crippen LogP contribution in [0.5, 0.6) is 5.75 Å². The standard InChI is InChI=1S/C22H17Br2N3O4/c23-18-10-16(11-19(24)22(18)31-14-15-6-2-1-3-7-15)13-25-26-21(28)12-17-8-4-5-9-20(17)27(29)30/h1-11,13H,12,14H2,(H,26,28)/b25-13+. The minimum Gasteiger partial charge on any atom is -0.487 e. The molecule has 31 heavy (non-hydrogen) atoms. The number of nitrogens with one attached hydrogen (secondary N) is 1. The molecule has 7 nitrogen and oxygen atoms in total. The van der Waals surface area contributed by atoms with E-state index in [9.17, 15) is 14.9 Å². The van der Waals surface area contributed by atoms with Gasteiger partial charge in [-0.3, -0.25) is 14.9 Å². The molecule has 0 unspecified atom stereocenters. The van der Waals surface area contributed by atoms with Crippen LogP contribution in [0.3, 0.4) is 0 Å². The molecule has 0 radical (unpaired) electrons. The van der Waals surface area contributed by atoms with E-state index in [1.807, 2.05) is 42.5 Å². The molecular formula is C22H17Br2N3O4. The zero-order valence-corrected chi connectivity index (χ0v) is 19.3. The van der Waals surface area contributed by atoms with Gasteiger partial charge in [-0.15, -0.1) is 0 Å². The first-order valence-corrected chi connectivity index (χ1v) is 10.7. The number of nitro groups is 1. The summed E-state index contributed by atoms with van der Waals surface area (Å²) in [5.74, 6) is 0.202. The van der Waals surface area contributed by atoms with Crippen LogP contribution in [-0.2, 0) is 17.8 Å². The highest BCUT2D eigenvalue weighted by Crippen LogP contribution is 2.35. The van der Waals surface area contributed by atoms with Gasteiger partial charge in [0.05, 0.1) is 26.5 Å². The molecule has 0 spiro atoms. The Morgan fingerprint density at radius 1 is 1.06 bits per heavy atom. The van der Waals surface area contributed by atoms with Crippen LogP contribution >= 0.6 is 31.9 Å². The Hall–Kier alpha value is -3.04. The first-order chi connectivity index (χ1) is 14.9. The number of rotatable bonds is 8. The van der Waals surface area contributed by atoms with E-state index >= 15 is 0 Å². The molecule has 0 bridgehead atoms. The van der Waals surface area contributed by atoms with Crippen molar-refractivity contribution in [1.29, 1.82) is 0 Å². The van der Waals surface area contributed by atoms with E-state index < -0.39 is 10.8 Å². The van der Waals surface area contributed by atoms with Crippen molar-refractivity contribution in [3.63, 3.8) is 0 Å². The van der Waals surface area contributed by atoms with Crippen LogP contribution in [0.2, 0.25) is 0 Å². The lowest BCUT2D eigenvalue weighted by Crippen LogP contribution is -2.20. The fourth-order valence-electron chi connectivity index (χ4n) is 2.75. The Balaban J connectivity index is 1.61. The fourth-order valence-corrected chi connectivity index (χ4v) is 4.20. The van der Waals surface area contributed by atoms with Crippen molar-refractivity contribution < 1.29 is 14.5 Å². The van der Waals surface area contributed by atoms with Crippen molar-refractivity contribution in [3.05, 3.63) is 102 Å². The smallest absolute Gasteiger partial charge is 0.273 e. The monoisotopic (exact) mass is 545 g/mol. The van der Waals surface area contributed by atoms with Gasteiger partial charge < -0.3 is 4.74 Å². The molecule has 1 amide bonds. The summed E-state index contributed by atoms with van der Waals surface area (Å²) in [4.78, 5) is 22.6. The molecule has 0 heterocycles. The number of hydrogen-bond donors (Lipinski definition) is 1. The maximum absolute atomic E-state index is 12.1. The quantitative estimate of drug-likeness (QED) is 0.233. The summed E-state index contributed by atoms with van der Waals surface area (Å²) in [7, 11) is 0. The van der Waals surface area contributed by atoms with Crippen LogP contribution in [0.1, 0.15) is 16.7 Å². The molecule has 1 N–H and O–H groups in total. The Morgan fingerprint density at radius 3 is 2.39 bits per heavy atom. The molecule has 0 saturated heterocycles. The van der Waals surface area contributed by atoms with Crippen LogP contribution < -0.4 is 10.2 Å². The molecule has 0 aromatic heterocycles. The number of hydrogen-bond acceptors (Lipinski definition) is 5. The number of amides is 1. The first kappa shape index (κ1) is 22.6. The molecular weight excluding hydrogens is 530 g/mol. The Morgan fingerprint density at radius 2 is 1.71 bits per heavy atom. The van der Waals surface area contributed by atoms with E-state index in [0.29, 0.717) is 17.9 Å². The predicted octanol–water partition coefficient (Wildman–Crippen LogP) is 5.39. The summed E-state index contributed by atoms with van der Waals surface area (Å²) in [6.45, 7) is 0.424. The number of carbonyl (C=O) groups is 1. The van der Waals surface area contributed by atoms with Gasteiger partial charge in [0, 0.05) is 11.6 Å². The molecule has 3 rings (SSSR count). The second-order valence-corrected chi connectivity index (χ2v) is 8.15. The normalized spacial score (nSPS) is 10.8. The average Bonchev–Trinajstić information content (AvgIpc) is 2.74. The number of carbonyl (C=O) groups excluding carboxylic acids is 1. The summed E-state index contributed by atoms with van der Waals surface area (Å²) in [5.41, 5.74) is 4.39. The third-order valence-corrected chi connectivity index (χ3v) is 5.37. The number of benzene rings is 3. The molecule has 0 atom stereocenters. The number of halogens is 2. The highest BCUT2D eigenvalue weighted by molar-refractivity contribution is 9.11. The first-order valence-electron chi connectivity index (χ1n) is 9.14. The average molecular weight is 547 g/mol. The summed E-state index contributed by atoms with van der Waals surface area (Å²) in [6, 6.07) is 19.5. The van der Waals surface area contributed by atoms with E-state index in [1.54, 1.807) is 18.2 Å². The van der Waals surface area contributed by atoms with Gasteiger partial charge in [-0.2, -0.15) is 5.10 Å². The summed E-state index contributed by atoms with van der Waals surface area (Å²) in [5, 5.41) is 15.0.